The zero-order valence-electron chi connectivity index (χ0n) is 11.6. The van der Waals surface area contributed by atoms with Crippen molar-refractivity contribution in [1.29, 1.82) is 0 Å². The Morgan fingerprint density at radius 1 is 1.50 bits per heavy atom. The first-order valence-corrected chi connectivity index (χ1v) is 7.19. The molecule has 2 rings (SSSR count). The van der Waals surface area contributed by atoms with Crippen LogP contribution in [0.25, 0.3) is 0 Å². The van der Waals surface area contributed by atoms with Gasteiger partial charge in [0, 0.05) is 24.7 Å². The number of hydrogen-bond donors (Lipinski definition) is 1. The standard InChI is InChI=1S/C15H19ClN2O2/c1-2-20-15(19)10-14-17-8-5-9-18(14)11-12-6-3-4-7-13(12)16/h3-4,6-7,10,17H,2,5,8-9,11H2,1H3/b14-10+. The van der Waals surface area contributed by atoms with E-state index in [1.165, 1.54) is 6.08 Å². The number of rotatable bonds is 4. The van der Waals surface area contributed by atoms with E-state index in [1.807, 2.05) is 24.3 Å². The molecule has 0 aliphatic carbocycles. The molecule has 108 valence electrons. The molecule has 5 heteroatoms. The molecule has 1 aliphatic heterocycles. The monoisotopic (exact) mass is 294 g/mol. The van der Waals surface area contributed by atoms with E-state index in [2.05, 4.69) is 10.2 Å². The molecule has 20 heavy (non-hydrogen) atoms. The van der Waals surface area contributed by atoms with Crippen LogP contribution < -0.4 is 5.32 Å². The molecule has 0 saturated carbocycles. The third-order valence-electron chi connectivity index (χ3n) is 3.11. The van der Waals surface area contributed by atoms with Crippen LogP contribution in [-0.2, 0) is 16.1 Å². The summed E-state index contributed by atoms with van der Waals surface area (Å²) in [5.74, 6) is 0.482. The maximum atomic E-state index is 11.6. The van der Waals surface area contributed by atoms with E-state index >= 15 is 0 Å². The highest BCUT2D eigenvalue weighted by Crippen LogP contribution is 2.20. The first-order chi connectivity index (χ1) is 9.70. The summed E-state index contributed by atoms with van der Waals surface area (Å²) in [6.45, 7) is 4.62. The predicted molar refractivity (Wildman–Crippen MR) is 79.2 cm³/mol. The largest absolute Gasteiger partial charge is 0.463 e. The lowest BCUT2D eigenvalue weighted by molar-refractivity contribution is -0.137. The molecule has 4 nitrogen and oxygen atoms in total. The van der Waals surface area contributed by atoms with Crippen LogP contribution in [0.3, 0.4) is 0 Å². The number of halogens is 1. The van der Waals surface area contributed by atoms with Gasteiger partial charge in [-0.15, -0.1) is 0 Å². The van der Waals surface area contributed by atoms with E-state index in [1.54, 1.807) is 6.92 Å². The lowest BCUT2D eigenvalue weighted by Crippen LogP contribution is -2.39. The van der Waals surface area contributed by atoms with Gasteiger partial charge >= 0.3 is 5.97 Å². The smallest absolute Gasteiger partial charge is 0.334 e. The number of esters is 1. The third kappa shape index (κ3) is 3.90. The number of ether oxygens (including phenoxy) is 1. The van der Waals surface area contributed by atoms with Crippen LogP contribution >= 0.6 is 11.6 Å². The van der Waals surface area contributed by atoms with Crippen molar-refractivity contribution in [2.24, 2.45) is 0 Å². The van der Waals surface area contributed by atoms with Gasteiger partial charge in [-0.1, -0.05) is 29.8 Å². The first-order valence-electron chi connectivity index (χ1n) is 6.81. The quantitative estimate of drug-likeness (QED) is 0.684. The molecule has 0 bridgehead atoms. The Labute approximate surface area is 124 Å². The molecular weight excluding hydrogens is 276 g/mol. The van der Waals surface area contributed by atoms with Crippen LogP contribution in [0.5, 0.6) is 0 Å². The number of benzene rings is 1. The number of hydrogen-bond acceptors (Lipinski definition) is 4. The molecule has 1 aromatic carbocycles. The average molecular weight is 295 g/mol. The summed E-state index contributed by atoms with van der Waals surface area (Å²) in [5, 5.41) is 3.99. The molecule has 0 unspecified atom stereocenters. The molecule has 1 aliphatic rings. The van der Waals surface area contributed by atoms with Crippen LogP contribution in [0.1, 0.15) is 18.9 Å². The van der Waals surface area contributed by atoms with Crippen LogP contribution in [0.15, 0.2) is 36.2 Å². The van der Waals surface area contributed by atoms with Gasteiger partial charge in [-0.2, -0.15) is 0 Å². The van der Waals surface area contributed by atoms with Gasteiger partial charge in [0.15, 0.2) is 0 Å². The molecule has 0 atom stereocenters. The number of nitrogens with zero attached hydrogens (tertiary/aromatic N) is 1. The zero-order valence-corrected chi connectivity index (χ0v) is 12.3. The van der Waals surface area contributed by atoms with Crippen molar-refractivity contribution in [1.82, 2.24) is 10.2 Å². The maximum Gasteiger partial charge on any atom is 0.334 e. The summed E-state index contributed by atoms with van der Waals surface area (Å²) < 4.78 is 4.96. The summed E-state index contributed by atoms with van der Waals surface area (Å²) in [6, 6.07) is 7.75. The Balaban J connectivity index is 2.11. The molecule has 1 heterocycles. The van der Waals surface area contributed by atoms with Crippen molar-refractivity contribution in [2.75, 3.05) is 19.7 Å². The Morgan fingerprint density at radius 3 is 3.05 bits per heavy atom. The van der Waals surface area contributed by atoms with Gasteiger partial charge in [-0.25, -0.2) is 4.79 Å². The minimum atomic E-state index is -0.318. The normalized spacial score (nSPS) is 16.9. The summed E-state index contributed by atoms with van der Waals surface area (Å²) in [4.78, 5) is 13.7. The SMILES string of the molecule is CCOC(=O)/C=C1\NCCCN1Cc1ccccc1Cl. The van der Waals surface area contributed by atoms with E-state index < -0.39 is 0 Å². The molecule has 1 aromatic rings. The van der Waals surface area contributed by atoms with Crippen LogP contribution in [0.2, 0.25) is 5.02 Å². The lowest BCUT2D eigenvalue weighted by Gasteiger charge is -2.32. The summed E-state index contributed by atoms with van der Waals surface area (Å²) >= 11 is 6.19. The number of nitrogens with one attached hydrogen (secondary N) is 1. The van der Waals surface area contributed by atoms with E-state index in [4.69, 9.17) is 16.3 Å². The van der Waals surface area contributed by atoms with E-state index in [0.29, 0.717) is 13.2 Å². The van der Waals surface area contributed by atoms with Gasteiger partial charge in [0.05, 0.1) is 12.7 Å². The highest BCUT2D eigenvalue weighted by Gasteiger charge is 2.17. The Bertz CT molecular complexity index is 502. The summed E-state index contributed by atoms with van der Waals surface area (Å²) in [5.41, 5.74) is 1.05. The van der Waals surface area contributed by atoms with Crippen molar-refractivity contribution >= 4 is 17.6 Å². The van der Waals surface area contributed by atoms with E-state index in [-0.39, 0.29) is 5.97 Å². The fourth-order valence-corrected chi connectivity index (χ4v) is 2.35. The van der Waals surface area contributed by atoms with Crippen LogP contribution in [-0.4, -0.2) is 30.6 Å². The molecular formula is C15H19ClN2O2. The Hall–Kier alpha value is -1.68. The third-order valence-corrected chi connectivity index (χ3v) is 3.48. The maximum absolute atomic E-state index is 11.6. The van der Waals surface area contributed by atoms with Gasteiger partial charge in [0.25, 0.3) is 0 Å². The van der Waals surface area contributed by atoms with Crippen LogP contribution in [0.4, 0.5) is 0 Å². The lowest BCUT2D eigenvalue weighted by atomic mass is 10.2. The molecule has 0 aromatic heterocycles. The van der Waals surface area contributed by atoms with Crippen molar-refractivity contribution in [3.63, 3.8) is 0 Å². The molecule has 1 saturated heterocycles. The molecule has 1 fully saturated rings. The van der Waals surface area contributed by atoms with Crippen molar-refractivity contribution in [3.8, 4) is 0 Å². The highest BCUT2D eigenvalue weighted by molar-refractivity contribution is 6.31. The fourth-order valence-electron chi connectivity index (χ4n) is 2.15. The number of carbonyl (C=O) groups is 1. The fraction of sp³-hybridized carbons (Fsp3) is 0.400. The summed E-state index contributed by atoms with van der Waals surface area (Å²) in [6.07, 6.45) is 2.55. The Morgan fingerprint density at radius 2 is 2.30 bits per heavy atom. The second kappa shape index (κ2) is 7.20. The zero-order chi connectivity index (χ0) is 14.4. The van der Waals surface area contributed by atoms with E-state index in [9.17, 15) is 4.79 Å². The van der Waals surface area contributed by atoms with Crippen LogP contribution in [0, 0.1) is 0 Å². The van der Waals surface area contributed by atoms with Gasteiger partial charge in [0.1, 0.15) is 5.82 Å². The minimum absolute atomic E-state index is 0.318. The van der Waals surface area contributed by atoms with Gasteiger partial charge in [-0.05, 0) is 25.0 Å². The second-order valence-electron chi connectivity index (χ2n) is 4.57. The minimum Gasteiger partial charge on any atom is -0.463 e. The van der Waals surface area contributed by atoms with Gasteiger partial charge < -0.3 is 15.0 Å². The molecule has 0 radical (unpaired) electrons. The van der Waals surface area contributed by atoms with Crippen molar-refractivity contribution in [2.45, 2.75) is 19.9 Å². The van der Waals surface area contributed by atoms with Crippen molar-refractivity contribution < 1.29 is 9.53 Å². The highest BCUT2D eigenvalue weighted by atomic mass is 35.5. The topological polar surface area (TPSA) is 41.6 Å². The first kappa shape index (κ1) is 14.7. The molecule has 0 amide bonds. The summed E-state index contributed by atoms with van der Waals surface area (Å²) in [7, 11) is 0. The van der Waals surface area contributed by atoms with Gasteiger partial charge in [-0.3, -0.25) is 0 Å². The molecule has 0 spiro atoms. The van der Waals surface area contributed by atoms with E-state index in [0.717, 1.165) is 35.9 Å². The number of carbonyl (C=O) groups excluding carboxylic acids is 1. The average Bonchev–Trinajstić information content (AvgIpc) is 2.44. The second-order valence-corrected chi connectivity index (χ2v) is 4.98. The van der Waals surface area contributed by atoms with Crippen molar-refractivity contribution in [3.05, 3.63) is 46.7 Å². The molecule has 1 N–H and O–H groups in total. The van der Waals surface area contributed by atoms with Gasteiger partial charge in [0.2, 0.25) is 0 Å². The predicted octanol–water partition coefficient (Wildman–Crippen LogP) is 2.54. The Kier molecular flexibility index (Phi) is 5.30.